The summed E-state index contributed by atoms with van der Waals surface area (Å²) in [6, 6.07) is 7.05. The molecule has 8 nitrogen and oxygen atoms in total. The van der Waals surface area contributed by atoms with Gasteiger partial charge in [0.05, 0.1) is 17.4 Å². The summed E-state index contributed by atoms with van der Waals surface area (Å²) in [4.78, 5) is 31.2. The van der Waals surface area contributed by atoms with Gasteiger partial charge in [-0.25, -0.2) is 0 Å². The Morgan fingerprint density at radius 2 is 2.16 bits per heavy atom. The number of benzene rings is 1. The molecule has 1 aromatic carbocycles. The molecule has 1 saturated heterocycles. The second-order valence-electron chi connectivity index (χ2n) is 7.68. The number of nitrogens with zero attached hydrogens (tertiary/aromatic N) is 3. The minimum absolute atomic E-state index is 0.100. The van der Waals surface area contributed by atoms with E-state index >= 15 is 0 Å². The molecule has 1 aliphatic heterocycles. The molecule has 1 atom stereocenters. The van der Waals surface area contributed by atoms with Crippen LogP contribution in [0, 0.1) is 0 Å². The standard InChI is InChI=1S/C22H23ClN6O2/c1-3-20(30)25-16-8-13(7-14(23)9-16)18-10-17-19(11-24-18)27-28-21(17)22(31)26-15-5-4-6-29(2)12-15/h3,7-11,15H,1,4-6,12H2,2H3,(H,25,30)(H,26,31)(H,27,28). The first-order valence-corrected chi connectivity index (χ1v) is 10.4. The highest BCUT2D eigenvalue weighted by molar-refractivity contribution is 6.31. The number of hydrogen-bond donors (Lipinski definition) is 3. The van der Waals surface area contributed by atoms with E-state index in [9.17, 15) is 9.59 Å². The van der Waals surface area contributed by atoms with Crippen molar-refractivity contribution in [3.05, 3.63) is 53.8 Å². The number of fused-ring (bicyclic) bond motifs is 1. The van der Waals surface area contributed by atoms with Crippen LogP contribution in [0.15, 0.2) is 43.1 Å². The van der Waals surface area contributed by atoms with Gasteiger partial charge in [-0.05, 0) is 56.8 Å². The Hall–Kier alpha value is -3.23. The number of nitrogens with one attached hydrogen (secondary N) is 3. The molecule has 0 aliphatic carbocycles. The maximum absolute atomic E-state index is 12.9. The van der Waals surface area contributed by atoms with E-state index in [1.165, 1.54) is 6.08 Å². The van der Waals surface area contributed by atoms with Crippen LogP contribution in [0.4, 0.5) is 5.69 Å². The van der Waals surface area contributed by atoms with E-state index in [-0.39, 0.29) is 17.9 Å². The smallest absolute Gasteiger partial charge is 0.272 e. The van der Waals surface area contributed by atoms with E-state index in [1.54, 1.807) is 30.5 Å². The van der Waals surface area contributed by atoms with Crippen LogP contribution in [-0.2, 0) is 4.79 Å². The lowest BCUT2D eigenvalue weighted by Gasteiger charge is -2.29. The molecule has 0 bridgehead atoms. The monoisotopic (exact) mass is 438 g/mol. The Morgan fingerprint density at radius 3 is 2.94 bits per heavy atom. The molecular formula is C22H23ClN6O2. The van der Waals surface area contributed by atoms with Crippen LogP contribution >= 0.6 is 11.6 Å². The number of piperidine rings is 1. The summed E-state index contributed by atoms with van der Waals surface area (Å²) in [6.45, 7) is 5.32. The number of likely N-dealkylation sites (N-methyl/N-ethyl adjacent to an activating group) is 1. The van der Waals surface area contributed by atoms with E-state index in [0.29, 0.717) is 38.6 Å². The van der Waals surface area contributed by atoms with Crippen LogP contribution in [0.25, 0.3) is 22.2 Å². The summed E-state index contributed by atoms with van der Waals surface area (Å²) in [6.07, 6.45) is 4.82. The zero-order valence-electron chi connectivity index (χ0n) is 17.1. The van der Waals surface area contributed by atoms with Crippen LogP contribution in [-0.4, -0.2) is 58.1 Å². The number of aromatic amines is 1. The predicted octanol–water partition coefficient (Wildman–Crippen LogP) is 3.23. The molecule has 0 radical (unpaired) electrons. The summed E-state index contributed by atoms with van der Waals surface area (Å²) >= 11 is 6.23. The van der Waals surface area contributed by atoms with Crippen LogP contribution in [0.1, 0.15) is 23.3 Å². The van der Waals surface area contributed by atoms with Crippen LogP contribution < -0.4 is 10.6 Å². The third-order valence-electron chi connectivity index (χ3n) is 5.27. The lowest BCUT2D eigenvalue weighted by Crippen LogP contribution is -2.46. The Kier molecular flexibility index (Phi) is 6.01. The first-order valence-electron chi connectivity index (χ1n) is 10.0. The summed E-state index contributed by atoms with van der Waals surface area (Å²) in [5.41, 5.74) is 2.83. The number of carbonyl (C=O) groups is 2. The average Bonchev–Trinajstić information content (AvgIpc) is 3.16. The first kappa shape index (κ1) is 21.0. The molecule has 0 saturated carbocycles. The molecule has 2 aromatic heterocycles. The minimum atomic E-state index is -0.334. The van der Waals surface area contributed by atoms with Gasteiger partial charge in [0.15, 0.2) is 5.69 Å². The number of anilines is 1. The lowest BCUT2D eigenvalue weighted by atomic mass is 10.1. The van der Waals surface area contributed by atoms with Gasteiger partial charge in [0.1, 0.15) is 0 Å². The van der Waals surface area contributed by atoms with Crippen molar-refractivity contribution in [2.45, 2.75) is 18.9 Å². The molecule has 31 heavy (non-hydrogen) atoms. The van der Waals surface area contributed by atoms with Crippen molar-refractivity contribution in [2.75, 3.05) is 25.5 Å². The van der Waals surface area contributed by atoms with Crippen molar-refractivity contribution < 1.29 is 9.59 Å². The third kappa shape index (κ3) is 4.76. The Morgan fingerprint density at radius 1 is 1.32 bits per heavy atom. The van der Waals surface area contributed by atoms with Crippen molar-refractivity contribution in [1.29, 1.82) is 0 Å². The molecule has 1 aliphatic rings. The van der Waals surface area contributed by atoms with E-state index in [2.05, 4.69) is 44.3 Å². The number of H-pyrrole nitrogens is 1. The van der Waals surface area contributed by atoms with Crippen molar-refractivity contribution in [3.8, 4) is 11.3 Å². The quantitative estimate of drug-likeness (QED) is 0.531. The highest BCUT2D eigenvalue weighted by atomic mass is 35.5. The summed E-state index contributed by atoms with van der Waals surface area (Å²) in [5.74, 6) is -0.549. The first-order chi connectivity index (χ1) is 14.9. The molecule has 3 aromatic rings. The van der Waals surface area contributed by atoms with Crippen LogP contribution in [0.2, 0.25) is 5.02 Å². The second kappa shape index (κ2) is 8.87. The number of carbonyl (C=O) groups excluding carboxylic acids is 2. The van der Waals surface area contributed by atoms with Crippen molar-refractivity contribution >= 4 is 40.0 Å². The molecule has 3 heterocycles. The molecule has 1 unspecified atom stereocenters. The number of amides is 2. The summed E-state index contributed by atoms with van der Waals surface area (Å²) < 4.78 is 0. The van der Waals surface area contributed by atoms with E-state index < -0.39 is 0 Å². The topological polar surface area (TPSA) is 103 Å². The molecular weight excluding hydrogens is 416 g/mol. The highest BCUT2D eigenvalue weighted by Crippen LogP contribution is 2.28. The van der Waals surface area contributed by atoms with Crippen molar-refractivity contribution in [1.82, 2.24) is 25.4 Å². The summed E-state index contributed by atoms with van der Waals surface area (Å²) in [5, 5.41) is 14.0. The highest BCUT2D eigenvalue weighted by Gasteiger charge is 2.22. The maximum atomic E-state index is 12.9. The fraction of sp³-hybridized carbons (Fsp3) is 0.273. The Bertz CT molecular complexity index is 1160. The van der Waals surface area contributed by atoms with Crippen molar-refractivity contribution in [3.63, 3.8) is 0 Å². The largest absolute Gasteiger partial charge is 0.347 e. The van der Waals surface area contributed by atoms with Gasteiger partial charge in [0.25, 0.3) is 5.91 Å². The lowest BCUT2D eigenvalue weighted by molar-refractivity contribution is -0.111. The zero-order valence-corrected chi connectivity index (χ0v) is 17.9. The molecule has 3 N–H and O–H groups in total. The minimum Gasteiger partial charge on any atom is -0.347 e. The fourth-order valence-corrected chi connectivity index (χ4v) is 4.02. The normalized spacial score (nSPS) is 16.8. The van der Waals surface area contributed by atoms with E-state index in [0.717, 1.165) is 25.9 Å². The van der Waals surface area contributed by atoms with E-state index in [4.69, 9.17) is 11.6 Å². The number of rotatable bonds is 5. The molecule has 4 rings (SSSR count). The predicted molar refractivity (Wildman–Crippen MR) is 121 cm³/mol. The van der Waals surface area contributed by atoms with Gasteiger partial charge in [-0.3, -0.25) is 19.7 Å². The fourth-order valence-electron chi connectivity index (χ4n) is 3.79. The molecule has 160 valence electrons. The maximum Gasteiger partial charge on any atom is 0.272 e. The van der Waals surface area contributed by atoms with Gasteiger partial charge in [-0.2, -0.15) is 5.10 Å². The van der Waals surface area contributed by atoms with Gasteiger partial charge in [-0.15, -0.1) is 0 Å². The third-order valence-corrected chi connectivity index (χ3v) is 5.49. The molecule has 2 amide bonds. The van der Waals surface area contributed by atoms with Crippen molar-refractivity contribution in [2.24, 2.45) is 0 Å². The number of aromatic nitrogens is 3. The molecule has 0 spiro atoms. The number of pyridine rings is 1. The van der Waals surface area contributed by atoms with Gasteiger partial charge in [-0.1, -0.05) is 18.2 Å². The van der Waals surface area contributed by atoms with Gasteiger partial charge >= 0.3 is 0 Å². The van der Waals surface area contributed by atoms with Gasteiger partial charge in [0.2, 0.25) is 5.91 Å². The zero-order chi connectivity index (χ0) is 22.0. The van der Waals surface area contributed by atoms with Crippen LogP contribution in [0.3, 0.4) is 0 Å². The number of halogens is 1. The molecule has 1 fully saturated rings. The number of hydrogen-bond acceptors (Lipinski definition) is 5. The molecule has 9 heteroatoms. The SMILES string of the molecule is C=CC(=O)Nc1cc(Cl)cc(-c2cc3c(C(=O)NC4CCCN(C)C4)n[nH]c3cn2)c1. The van der Waals surface area contributed by atoms with Crippen LogP contribution in [0.5, 0.6) is 0 Å². The average molecular weight is 439 g/mol. The van der Waals surface area contributed by atoms with Gasteiger partial charge in [0, 0.05) is 34.2 Å². The van der Waals surface area contributed by atoms with Gasteiger partial charge < -0.3 is 15.5 Å². The Labute approximate surface area is 184 Å². The number of likely N-dealkylation sites (tertiary alicyclic amines) is 1. The second-order valence-corrected chi connectivity index (χ2v) is 8.12. The van der Waals surface area contributed by atoms with E-state index in [1.807, 2.05) is 0 Å². The summed E-state index contributed by atoms with van der Waals surface area (Å²) in [7, 11) is 2.05. The Balaban J connectivity index is 1.63.